The lowest BCUT2D eigenvalue weighted by atomic mass is 9.81. The maximum atomic E-state index is 5.55. The van der Waals surface area contributed by atoms with Gasteiger partial charge in [-0.05, 0) is 6.42 Å². The van der Waals surface area contributed by atoms with Crippen LogP contribution in [0.25, 0.3) is 0 Å². The molecule has 96 valence electrons. The molecular weight excluding hydrogens is 236 g/mol. The normalized spacial score (nSPS) is 29.4. The van der Waals surface area contributed by atoms with Gasteiger partial charge in [0, 0.05) is 37.8 Å². The molecule has 4 nitrogen and oxygen atoms in total. The van der Waals surface area contributed by atoms with Crippen molar-refractivity contribution in [2.75, 3.05) is 33.5 Å². The highest BCUT2D eigenvalue weighted by Crippen LogP contribution is 2.37. The van der Waals surface area contributed by atoms with Gasteiger partial charge in [0.05, 0.1) is 18.8 Å². The second-order valence-corrected chi connectivity index (χ2v) is 5.35. The fourth-order valence-corrected chi connectivity index (χ4v) is 3.32. The van der Waals surface area contributed by atoms with Gasteiger partial charge in [-0.15, -0.1) is 11.3 Å². The number of nitrogens with zero attached hydrogens (tertiary/aromatic N) is 1. The second kappa shape index (κ2) is 5.91. The summed E-state index contributed by atoms with van der Waals surface area (Å²) in [5.41, 5.74) is -0.0368. The van der Waals surface area contributed by atoms with E-state index >= 15 is 0 Å². The number of hydrogen-bond donors (Lipinski definition) is 1. The third-order valence-electron chi connectivity index (χ3n) is 3.41. The van der Waals surface area contributed by atoms with Crippen molar-refractivity contribution < 1.29 is 9.47 Å². The van der Waals surface area contributed by atoms with Crippen molar-refractivity contribution >= 4 is 11.3 Å². The van der Waals surface area contributed by atoms with E-state index in [-0.39, 0.29) is 5.54 Å². The Bertz CT molecular complexity index is 331. The van der Waals surface area contributed by atoms with E-state index in [4.69, 9.17) is 9.47 Å². The minimum atomic E-state index is -0.0368. The second-order valence-electron chi connectivity index (χ2n) is 4.45. The molecule has 5 heteroatoms. The molecule has 1 aliphatic rings. The van der Waals surface area contributed by atoms with E-state index in [2.05, 4.69) is 17.2 Å². The number of thiazole rings is 1. The molecule has 1 aromatic rings. The van der Waals surface area contributed by atoms with Crippen LogP contribution in [0.2, 0.25) is 0 Å². The van der Waals surface area contributed by atoms with Crippen LogP contribution in [0, 0.1) is 5.92 Å². The molecular formula is C12H20N2O2S. The first-order chi connectivity index (χ1) is 8.29. The molecule has 1 fully saturated rings. The van der Waals surface area contributed by atoms with Gasteiger partial charge in [-0.3, -0.25) is 0 Å². The van der Waals surface area contributed by atoms with Crippen molar-refractivity contribution in [3.8, 4) is 0 Å². The van der Waals surface area contributed by atoms with Gasteiger partial charge in [0.15, 0.2) is 0 Å². The van der Waals surface area contributed by atoms with E-state index < -0.39 is 0 Å². The molecule has 17 heavy (non-hydrogen) atoms. The first-order valence-electron chi connectivity index (χ1n) is 6.01. The monoisotopic (exact) mass is 256 g/mol. The molecule has 0 amide bonds. The van der Waals surface area contributed by atoms with Crippen molar-refractivity contribution in [3.05, 3.63) is 16.6 Å². The fourth-order valence-electron chi connectivity index (χ4n) is 2.36. The molecule has 1 aliphatic heterocycles. The summed E-state index contributed by atoms with van der Waals surface area (Å²) in [7, 11) is 1.73. The molecule has 2 unspecified atom stereocenters. The summed E-state index contributed by atoms with van der Waals surface area (Å²) in [4.78, 5) is 4.50. The quantitative estimate of drug-likeness (QED) is 0.813. The maximum Gasteiger partial charge on any atom is 0.113 e. The predicted octanol–water partition coefficient (Wildman–Crippen LogP) is 1.63. The zero-order valence-corrected chi connectivity index (χ0v) is 11.3. The van der Waals surface area contributed by atoms with Crippen molar-refractivity contribution in [2.45, 2.75) is 18.9 Å². The first kappa shape index (κ1) is 13.0. The van der Waals surface area contributed by atoms with Crippen LogP contribution < -0.4 is 5.32 Å². The van der Waals surface area contributed by atoms with Crippen molar-refractivity contribution in [1.82, 2.24) is 10.3 Å². The summed E-state index contributed by atoms with van der Waals surface area (Å²) in [6, 6.07) is 0. The van der Waals surface area contributed by atoms with Crippen molar-refractivity contribution in [2.24, 2.45) is 5.92 Å². The molecule has 2 atom stereocenters. The smallest absolute Gasteiger partial charge is 0.113 e. The molecule has 2 rings (SSSR count). The van der Waals surface area contributed by atoms with Crippen LogP contribution in [0.15, 0.2) is 11.6 Å². The minimum Gasteiger partial charge on any atom is -0.383 e. The number of hydrogen-bond acceptors (Lipinski definition) is 5. The summed E-state index contributed by atoms with van der Waals surface area (Å²) in [6.45, 7) is 5.38. The maximum absolute atomic E-state index is 5.55. The number of nitrogens with one attached hydrogen (secondary N) is 1. The van der Waals surface area contributed by atoms with E-state index in [9.17, 15) is 0 Å². The van der Waals surface area contributed by atoms with Gasteiger partial charge in [0.25, 0.3) is 0 Å². The van der Waals surface area contributed by atoms with Crippen molar-refractivity contribution in [1.29, 1.82) is 0 Å². The van der Waals surface area contributed by atoms with Gasteiger partial charge in [-0.25, -0.2) is 4.98 Å². The van der Waals surface area contributed by atoms with E-state index in [1.54, 1.807) is 18.4 Å². The Morgan fingerprint density at radius 3 is 3.24 bits per heavy atom. The Morgan fingerprint density at radius 2 is 2.59 bits per heavy atom. The molecule has 1 N–H and O–H groups in total. The Labute approximate surface area is 106 Å². The SMILES string of the molecule is COCCNC1(c2nccs2)CCOCC1C. The average Bonchev–Trinajstić information content (AvgIpc) is 2.86. The molecule has 1 saturated heterocycles. The lowest BCUT2D eigenvalue weighted by Crippen LogP contribution is -2.53. The Kier molecular flexibility index (Phi) is 4.50. The molecule has 0 radical (unpaired) electrons. The molecule has 0 saturated carbocycles. The highest BCUT2D eigenvalue weighted by atomic mass is 32.1. The summed E-state index contributed by atoms with van der Waals surface area (Å²) in [5.74, 6) is 0.430. The zero-order chi connectivity index (χ0) is 12.1. The predicted molar refractivity (Wildman–Crippen MR) is 68.3 cm³/mol. The Hall–Kier alpha value is -0.490. The topological polar surface area (TPSA) is 43.4 Å². The first-order valence-corrected chi connectivity index (χ1v) is 6.89. The summed E-state index contributed by atoms with van der Waals surface area (Å²) in [5, 5.41) is 6.84. The Balaban J connectivity index is 2.16. The van der Waals surface area contributed by atoms with Gasteiger partial charge < -0.3 is 14.8 Å². The largest absolute Gasteiger partial charge is 0.383 e. The van der Waals surface area contributed by atoms with E-state index in [0.29, 0.717) is 5.92 Å². The van der Waals surface area contributed by atoms with E-state index in [0.717, 1.165) is 32.8 Å². The molecule has 0 bridgehead atoms. The van der Waals surface area contributed by atoms with Gasteiger partial charge in [-0.2, -0.15) is 0 Å². The number of methoxy groups -OCH3 is 1. The number of ether oxygens (including phenoxy) is 2. The van der Waals surface area contributed by atoms with Crippen LogP contribution in [-0.2, 0) is 15.0 Å². The molecule has 0 aromatic carbocycles. The van der Waals surface area contributed by atoms with Gasteiger partial charge in [-0.1, -0.05) is 6.92 Å². The van der Waals surface area contributed by atoms with Crippen LogP contribution in [0.1, 0.15) is 18.4 Å². The molecule has 2 heterocycles. The summed E-state index contributed by atoms with van der Waals surface area (Å²) in [6.07, 6.45) is 2.85. The summed E-state index contributed by atoms with van der Waals surface area (Å²) < 4.78 is 10.7. The van der Waals surface area contributed by atoms with Crippen LogP contribution in [0.3, 0.4) is 0 Å². The van der Waals surface area contributed by atoms with E-state index in [1.807, 2.05) is 11.6 Å². The van der Waals surface area contributed by atoms with Gasteiger partial charge in [0.1, 0.15) is 5.01 Å². The van der Waals surface area contributed by atoms with E-state index in [1.165, 1.54) is 5.01 Å². The highest BCUT2D eigenvalue weighted by molar-refractivity contribution is 7.09. The summed E-state index contributed by atoms with van der Waals surface area (Å²) >= 11 is 1.72. The zero-order valence-electron chi connectivity index (χ0n) is 10.4. The fraction of sp³-hybridized carbons (Fsp3) is 0.750. The minimum absolute atomic E-state index is 0.0368. The van der Waals surface area contributed by atoms with Gasteiger partial charge >= 0.3 is 0 Å². The van der Waals surface area contributed by atoms with Crippen LogP contribution in [0.5, 0.6) is 0 Å². The molecule has 0 aliphatic carbocycles. The highest BCUT2D eigenvalue weighted by Gasteiger charge is 2.41. The Morgan fingerprint density at radius 1 is 1.71 bits per heavy atom. The van der Waals surface area contributed by atoms with Gasteiger partial charge in [0.2, 0.25) is 0 Å². The molecule has 1 aromatic heterocycles. The third kappa shape index (κ3) is 2.68. The van der Waals surface area contributed by atoms with Crippen molar-refractivity contribution in [3.63, 3.8) is 0 Å². The average molecular weight is 256 g/mol. The number of aromatic nitrogens is 1. The van der Waals surface area contributed by atoms with Crippen LogP contribution in [0.4, 0.5) is 0 Å². The molecule has 0 spiro atoms. The standard InChI is InChI=1S/C12H20N2O2S/c1-10-9-16-6-3-12(10,14-4-7-15-2)11-13-5-8-17-11/h5,8,10,14H,3-4,6-7,9H2,1-2H3. The van der Waals surface area contributed by atoms with Crippen LogP contribution in [-0.4, -0.2) is 38.5 Å². The third-order valence-corrected chi connectivity index (χ3v) is 4.36. The number of rotatable bonds is 5. The van der Waals surface area contributed by atoms with Crippen LogP contribution >= 0.6 is 11.3 Å². The lowest BCUT2D eigenvalue weighted by Gasteiger charge is -2.41. The lowest BCUT2D eigenvalue weighted by molar-refractivity contribution is -0.0114.